The van der Waals surface area contributed by atoms with Crippen molar-refractivity contribution in [1.29, 1.82) is 0 Å². The largest absolute Gasteiger partial charge is 0.382 e. The number of methoxy groups -OCH3 is 1. The van der Waals surface area contributed by atoms with E-state index in [1.807, 2.05) is 0 Å². The van der Waals surface area contributed by atoms with Crippen LogP contribution in [0.2, 0.25) is 0 Å². The number of carbonyl (C=O) groups excluding carboxylic acids is 2. The van der Waals surface area contributed by atoms with Crippen LogP contribution in [-0.4, -0.2) is 44.8 Å². The molecule has 0 aromatic carbocycles. The minimum absolute atomic E-state index is 0.0210. The minimum Gasteiger partial charge on any atom is -0.382 e. The second kappa shape index (κ2) is 7.63. The van der Waals surface area contributed by atoms with E-state index >= 15 is 0 Å². The summed E-state index contributed by atoms with van der Waals surface area (Å²) in [5.41, 5.74) is -0.0210. The van der Waals surface area contributed by atoms with Gasteiger partial charge in [-0.25, -0.2) is 0 Å². The van der Waals surface area contributed by atoms with E-state index in [4.69, 9.17) is 14.2 Å². The van der Waals surface area contributed by atoms with E-state index in [0.29, 0.717) is 44.0 Å². The normalized spacial score (nSPS) is 39.4. The van der Waals surface area contributed by atoms with Crippen LogP contribution in [0.25, 0.3) is 0 Å². The standard InChI is InChI=1S/C19H30O5/c1-19-8-4-7-15(20)14(19)11-17(24-12-23-10-9-22-2)18-13(19)5-3-6-16(18)21/h13-14,17-18H,3-12H2,1-2H3/t13-,14-,17-,18?,19+/m0/s1. The van der Waals surface area contributed by atoms with Crippen molar-refractivity contribution in [3.8, 4) is 0 Å². The first kappa shape index (κ1) is 18.0. The number of carbonyl (C=O) groups is 2. The van der Waals surface area contributed by atoms with Crippen LogP contribution in [0.5, 0.6) is 0 Å². The van der Waals surface area contributed by atoms with Crippen LogP contribution in [0.3, 0.4) is 0 Å². The smallest absolute Gasteiger partial charge is 0.147 e. The number of hydrogen-bond acceptors (Lipinski definition) is 5. The molecule has 0 aromatic heterocycles. The third-order valence-electron chi connectivity index (χ3n) is 6.58. The summed E-state index contributed by atoms with van der Waals surface area (Å²) in [6, 6.07) is 0. The topological polar surface area (TPSA) is 61.8 Å². The van der Waals surface area contributed by atoms with E-state index in [0.717, 1.165) is 25.7 Å². The molecule has 0 heterocycles. The van der Waals surface area contributed by atoms with E-state index in [9.17, 15) is 9.59 Å². The molecule has 0 bridgehead atoms. The molecule has 0 radical (unpaired) electrons. The number of fused-ring (bicyclic) bond motifs is 3. The molecule has 5 heteroatoms. The van der Waals surface area contributed by atoms with Gasteiger partial charge >= 0.3 is 0 Å². The van der Waals surface area contributed by atoms with Gasteiger partial charge in [0, 0.05) is 31.8 Å². The molecule has 3 rings (SSSR count). The highest BCUT2D eigenvalue weighted by molar-refractivity contribution is 5.86. The molecule has 0 amide bonds. The lowest BCUT2D eigenvalue weighted by molar-refractivity contribution is -0.185. The summed E-state index contributed by atoms with van der Waals surface area (Å²) in [4.78, 5) is 25.2. The number of ketones is 2. The molecule has 24 heavy (non-hydrogen) atoms. The Morgan fingerprint density at radius 2 is 1.92 bits per heavy atom. The summed E-state index contributed by atoms with van der Waals surface area (Å²) in [6.45, 7) is 3.42. The Morgan fingerprint density at radius 3 is 2.71 bits per heavy atom. The van der Waals surface area contributed by atoms with E-state index in [1.54, 1.807) is 7.11 Å². The number of rotatable bonds is 6. The molecule has 0 saturated heterocycles. The fraction of sp³-hybridized carbons (Fsp3) is 0.895. The molecular formula is C19H30O5. The predicted molar refractivity (Wildman–Crippen MR) is 88.5 cm³/mol. The maximum atomic E-state index is 12.6. The Balaban J connectivity index is 1.73. The van der Waals surface area contributed by atoms with Crippen molar-refractivity contribution >= 4 is 11.6 Å². The molecule has 3 saturated carbocycles. The van der Waals surface area contributed by atoms with Gasteiger partial charge in [-0.2, -0.15) is 0 Å². The van der Waals surface area contributed by atoms with Crippen LogP contribution in [-0.2, 0) is 23.8 Å². The Morgan fingerprint density at radius 1 is 1.12 bits per heavy atom. The lowest BCUT2D eigenvalue weighted by Gasteiger charge is -2.56. The first-order valence-electron chi connectivity index (χ1n) is 9.31. The average Bonchev–Trinajstić information content (AvgIpc) is 2.56. The molecular weight excluding hydrogens is 308 g/mol. The zero-order valence-electron chi connectivity index (χ0n) is 14.9. The molecule has 0 spiro atoms. The van der Waals surface area contributed by atoms with Crippen molar-refractivity contribution in [2.45, 2.75) is 58.0 Å². The van der Waals surface area contributed by atoms with Gasteiger partial charge < -0.3 is 14.2 Å². The summed E-state index contributed by atoms with van der Waals surface area (Å²) in [6.07, 6.45) is 5.86. The van der Waals surface area contributed by atoms with Crippen LogP contribution in [0.1, 0.15) is 51.9 Å². The van der Waals surface area contributed by atoms with Gasteiger partial charge in [0.1, 0.15) is 18.4 Å². The van der Waals surface area contributed by atoms with Crippen molar-refractivity contribution in [2.75, 3.05) is 27.1 Å². The number of hydrogen-bond donors (Lipinski definition) is 0. The van der Waals surface area contributed by atoms with Gasteiger partial charge in [0.15, 0.2) is 0 Å². The van der Waals surface area contributed by atoms with Crippen LogP contribution >= 0.6 is 0 Å². The molecule has 5 nitrogen and oxygen atoms in total. The van der Waals surface area contributed by atoms with Crippen molar-refractivity contribution in [1.82, 2.24) is 0 Å². The Hall–Kier alpha value is -0.780. The van der Waals surface area contributed by atoms with Gasteiger partial charge in [-0.1, -0.05) is 6.92 Å². The second-order valence-corrected chi connectivity index (χ2v) is 7.83. The van der Waals surface area contributed by atoms with Crippen LogP contribution in [0, 0.1) is 23.2 Å². The highest BCUT2D eigenvalue weighted by Gasteiger charge is 2.57. The molecule has 136 valence electrons. The van der Waals surface area contributed by atoms with Crippen LogP contribution in [0.15, 0.2) is 0 Å². The predicted octanol–water partition coefficient (Wildman–Crippen LogP) is 2.76. The highest BCUT2D eigenvalue weighted by Crippen LogP contribution is 2.57. The average molecular weight is 338 g/mol. The first-order valence-corrected chi connectivity index (χ1v) is 9.31. The summed E-state index contributed by atoms with van der Waals surface area (Å²) in [5.74, 6) is 0.963. The number of ether oxygens (including phenoxy) is 3. The van der Waals surface area contributed by atoms with E-state index in [-0.39, 0.29) is 36.1 Å². The molecule has 0 aliphatic heterocycles. The van der Waals surface area contributed by atoms with E-state index in [2.05, 4.69) is 6.92 Å². The third kappa shape index (κ3) is 3.31. The Kier molecular flexibility index (Phi) is 5.73. The van der Waals surface area contributed by atoms with Crippen molar-refractivity contribution in [3.63, 3.8) is 0 Å². The van der Waals surface area contributed by atoms with Gasteiger partial charge in [0.05, 0.1) is 19.3 Å². The van der Waals surface area contributed by atoms with Crippen molar-refractivity contribution in [3.05, 3.63) is 0 Å². The summed E-state index contributed by atoms with van der Waals surface area (Å²) in [7, 11) is 1.63. The lowest BCUT2D eigenvalue weighted by atomic mass is 9.48. The van der Waals surface area contributed by atoms with E-state index in [1.165, 1.54) is 0 Å². The highest BCUT2D eigenvalue weighted by atomic mass is 16.7. The Labute approximate surface area is 144 Å². The zero-order chi connectivity index (χ0) is 17.2. The fourth-order valence-corrected chi connectivity index (χ4v) is 5.36. The van der Waals surface area contributed by atoms with E-state index < -0.39 is 0 Å². The van der Waals surface area contributed by atoms with Gasteiger partial charge in [-0.05, 0) is 43.4 Å². The monoisotopic (exact) mass is 338 g/mol. The first-order chi connectivity index (χ1) is 11.6. The quantitative estimate of drug-likeness (QED) is 0.550. The summed E-state index contributed by atoms with van der Waals surface area (Å²) < 4.78 is 16.4. The molecule has 1 unspecified atom stereocenters. The fourth-order valence-electron chi connectivity index (χ4n) is 5.36. The molecule has 3 aliphatic carbocycles. The van der Waals surface area contributed by atoms with Gasteiger partial charge in [0.25, 0.3) is 0 Å². The minimum atomic E-state index is -0.175. The SMILES string of the molecule is COCCOCO[C@H]1C[C@H]2C(=O)CCC[C@]2(C)[C@H]2CCCC(=O)C12. The van der Waals surface area contributed by atoms with Crippen LogP contribution in [0.4, 0.5) is 0 Å². The maximum absolute atomic E-state index is 12.6. The van der Waals surface area contributed by atoms with Gasteiger partial charge in [-0.3, -0.25) is 9.59 Å². The van der Waals surface area contributed by atoms with Crippen molar-refractivity contribution < 1.29 is 23.8 Å². The number of Topliss-reactive ketones (excluding diaryl/α,β-unsaturated/α-hetero) is 2. The molecule has 3 aliphatic rings. The zero-order valence-corrected chi connectivity index (χ0v) is 14.9. The summed E-state index contributed by atoms with van der Waals surface area (Å²) >= 11 is 0. The maximum Gasteiger partial charge on any atom is 0.147 e. The van der Waals surface area contributed by atoms with Crippen molar-refractivity contribution in [2.24, 2.45) is 23.2 Å². The Bertz CT molecular complexity index is 476. The summed E-state index contributed by atoms with van der Waals surface area (Å²) in [5, 5.41) is 0. The third-order valence-corrected chi connectivity index (χ3v) is 6.58. The molecule has 5 atom stereocenters. The lowest BCUT2D eigenvalue weighted by Crippen LogP contribution is -2.57. The second-order valence-electron chi connectivity index (χ2n) is 7.83. The van der Waals surface area contributed by atoms with Gasteiger partial charge in [0.2, 0.25) is 0 Å². The molecule has 3 fully saturated rings. The van der Waals surface area contributed by atoms with Gasteiger partial charge in [-0.15, -0.1) is 0 Å². The van der Waals surface area contributed by atoms with Crippen LogP contribution < -0.4 is 0 Å². The molecule has 0 N–H and O–H groups in total. The molecule has 0 aromatic rings.